The summed E-state index contributed by atoms with van der Waals surface area (Å²) < 4.78 is 1.62. The van der Waals surface area contributed by atoms with Gasteiger partial charge in [-0.25, -0.2) is 0 Å². The van der Waals surface area contributed by atoms with Crippen molar-refractivity contribution >= 4 is 11.8 Å². The Bertz CT molecular complexity index is 548. The van der Waals surface area contributed by atoms with Crippen molar-refractivity contribution in [2.75, 3.05) is 26.2 Å². The Balaban J connectivity index is 2.15. The van der Waals surface area contributed by atoms with E-state index >= 15 is 0 Å². The summed E-state index contributed by atoms with van der Waals surface area (Å²) in [6, 6.07) is 1.69. The van der Waals surface area contributed by atoms with E-state index in [4.69, 9.17) is 0 Å². The monoisotopic (exact) mass is 308 g/mol. The van der Waals surface area contributed by atoms with Crippen molar-refractivity contribution in [2.45, 2.75) is 26.9 Å². The zero-order chi connectivity index (χ0) is 16.4. The molecule has 0 spiro atoms. The van der Waals surface area contributed by atoms with Crippen molar-refractivity contribution in [1.29, 1.82) is 0 Å². The standard InChI is InChI=1S/C15H24N4O3/c1-10(2)6-18-7-12(20)8-19(9-14(18)21)15(22)13-5-11(3)17(4)16-13/h5,10,12,20H,6-9H2,1-4H3. The third kappa shape index (κ3) is 3.65. The Kier molecular flexibility index (Phi) is 4.85. The van der Waals surface area contributed by atoms with Crippen LogP contribution in [0.2, 0.25) is 0 Å². The molecule has 1 atom stereocenters. The Hall–Kier alpha value is -1.89. The van der Waals surface area contributed by atoms with Crippen LogP contribution in [0, 0.1) is 12.8 Å². The molecule has 22 heavy (non-hydrogen) atoms. The van der Waals surface area contributed by atoms with Crippen LogP contribution in [0.5, 0.6) is 0 Å². The second-order valence-corrected chi connectivity index (χ2v) is 6.33. The molecule has 1 aromatic heterocycles. The minimum absolute atomic E-state index is 0.0156. The molecule has 1 unspecified atom stereocenters. The summed E-state index contributed by atoms with van der Waals surface area (Å²) in [4.78, 5) is 27.8. The lowest BCUT2D eigenvalue weighted by Gasteiger charge is -2.23. The normalized spacial score (nSPS) is 19.7. The molecule has 1 aliphatic rings. The maximum Gasteiger partial charge on any atom is 0.274 e. The highest BCUT2D eigenvalue weighted by molar-refractivity contribution is 5.95. The molecule has 0 aliphatic carbocycles. The fourth-order valence-electron chi connectivity index (χ4n) is 2.60. The summed E-state index contributed by atoms with van der Waals surface area (Å²) in [6.07, 6.45) is -0.737. The molecule has 0 bridgehead atoms. The Morgan fingerprint density at radius 1 is 1.45 bits per heavy atom. The Morgan fingerprint density at radius 2 is 2.14 bits per heavy atom. The topological polar surface area (TPSA) is 78.7 Å². The van der Waals surface area contributed by atoms with Crippen LogP contribution in [0.4, 0.5) is 0 Å². The zero-order valence-electron chi connectivity index (χ0n) is 13.6. The zero-order valence-corrected chi connectivity index (χ0v) is 13.6. The number of aryl methyl sites for hydroxylation is 2. The highest BCUT2D eigenvalue weighted by atomic mass is 16.3. The minimum Gasteiger partial charge on any atom is -0.389 e. The average molecular weight is 308 g/mol. The third-order valence-electron chi connectivity index (χ3n) is 3.75. The molecule has 7 heteroatoms. The lowest BCUT2D eigenvalue weighted by molar-refractivity contribution is -0.131. The van der Waals surface area contributed by atoms with Gasteiger partial charge in [0.15, 0.2) is 5.69 Å². The third-order valence-corrected chi connectivity index (χ3v) is 3.75. The molecule has 2 rings (SSSR count). The van der Waals surface area contributed by atoms with E-state index in [1.165, 1.54) is 4.90 Å². The van der Waals surface area contributed by atoms with E-state index in [0.29, 0.717) is 18.2 Å². The minimum atomic E-state index is -0.737. The van der Waals surface area contributed by atoms with Gasteiger partial charge in [-0.2, -0.15) is 5.10 Å². The van der Waals surface area contributed by atoms with Gasteiger partial charge in [-0.1, -0.05) is 13.8 Å². The van der Waals surface area contributed by atoms with E-state index in [1.54, 1.807) is 22.7 Å². The number of amides is 2. The summed E-state index contributed by atoms with van der Waals surface area (Å²) in [7, 11) is 1.76. The number of β-amino-alcohol motifs (C(OH)–C–C–N with tert-alkyl or cyclic N) is 1. The maximum absolute atomic E-state index is 12.5. The molecule has 122 valence electrons. The van der Waals surface area contributed by atoms with Gasteiger partial charge in [0.25, 0.3) is 5.91 Å². The molecule has 7 nitrogen and oxygen atoms in total. The van der Waals surface area contributed by atoms with Crippen LogP contribution in [0.25, 0.3) is 0 Å². The first-order chi connectivity index (χ1) is 10.3. The highest BCUT2D eigenvalue weighted by Gasteiger charge is 2.31. The first kappa shape index (κ1) is 16.5. The largest absolute Gasteiger partial charge is 0.389 e. The van der Waals surface area contributed by atoms with Gasteiger partial charge in [0.1, 0.15) is 6.54 Å². The smallest absolute Gasteiger partial charge is 0.274 e. The molecule has 2 amide bonds. The predicted octanol–water partition coefficient (Wildman–Crippen LogP) is 0.0298. The van der Waals surface area contributed by atoms with Gasteiger partial charge in [0.2, 0.25) is 5.91 Å². The summed E-state index contributed by atoms with van der Waals surface area (Å²) in [6.45, 7) is 6.88. The number of hydrogen-bond donors (Lipinski definition) is 1. The molecule has 1 fully saturated rings. The van der Waals surface area contributed by atoms with Gasteiger partial charge in [-0.15, -0.1) is 0 Å². The van der Waals surface area contributed by atoms with E-state index in [2.05, 4.69) is 5.10 Å². The lowest BCUT2D eigenvalue weighted by atomic mass is 10.2. The lowest BCUT2D eigenvalue weighted by Crippen LogP contribution is -2.40. The number of rotatable bonds is 3. The van der Waals surface area contributed by atoms with Gasteiger partial charge in [-0.05, 0) is 18.9 Å². The van der Waals surface area contributed by atoms with Crippen LogP contribution in [0.15, 0.2) is 6.07 Å². The predicted molar refractivity (Wildman–Crippen MR) is 81.3 cm³/mol. The van der Waals surface area contributed by atoms with Crippen molar-refractivity contribution in [3.63, 3.8) is 0 Å². The Morgan fingerprint density at radius 3 is 2.68 bits per heavy atom. The molecular formula is C15H24N4O3. The molecule has 1 aliphatic heterocycles. The summed E-state index contributed by atoms with van der Waals surface area (Å²) in [5.74, 6) is -0.134. The molecule has 2 heterocycles. The highest BCUT2D eigenvalue weighted by Crippen LogP contribution is 2.12. The number of aliphatic hydroxyl groups is 1. The van der Waals surface area contributed by atoms with Gasteiger partial charge in [0, 0.05) is 32.4 Å². The van der Waals surface area contributed by atoms with Crippen LogP contribution in [0.1, 0.15) is 30.0 Å². The number of nitrogens with zero attached hydrogens (tertiary/aromatic N) is 4. The van der Waals surface area contributed by atoms with Gasteiger partial charge in [0.05, 0.1) is 6.10 Å². The van der Waals surface area contributed by atoms with E-state index in [-0.39, 0.29) is 31.4 Å². The molecule has 1 saturated heterocycles. The first-order valence-electron chi connectivity index (χ1n) is 7.53. The number of aliphatic hydroxyl groups excluding tert-OH is 1. The first-order valence-corrected chi connectivity index (χ1v) is 7.53. The van der Waals surface area contributed by atoms with Crippen LogP contribution in [-0.2, 0) is 11.8 Å². The van der Waals surface area contributed by atoms with Crippen molar-refractivity contribution in [3.05, 3.63) is 17.5 Å². The van der Waals surface area contributed by atoms with Crippen molar-refractivity contribution < 1.29 is 14.7 Å². The van der Waals surface area contributed by atoms with E-state index in [1.807, 2.05) is 20.8 Å². The molecule has 0 saturated carbocycles. The van der Waals surface area contributed by atoms with E-state index in [9.17, 15) is 14.7 Å². The van der Waals surface area contributed by atoms with Gasteiger partial charge in [-0.3, -0.25) is 14.3 Å². The summed E-state index contributed by atoms with van der Waals surface area (Å²) in [5, 5.41) is 14.3. The summed E-state index contributed by atoms with van der Waals surface area (Å²) >= 11 is 0. The van der Waals surface area contributed by atoms with E-state index < -0.39 is 6.10 Å². The van der Waals surface area contributed by atoms with Crippen molar-refractivity contribution in [1.82, 2.24) is 19.6 Å². The molecule has 1 N–H and O–H groups in total. The second-order valence-electron chi connectivity index (χ2n) is 6.33. The van der Waals surface area contributed by atoms with Crippen molar-refractivity contribution in [2.24, 2.45) is 13.0 Å². The summed E-state index contributed by atoms with van der Waals surface area (Å²) in [5.41, 5.74) is 1.17. The molecule has 0 radical (unpaired) electrons. The van der Waals surface area contributed by atoms with Gasteiger partial charge < -0.3 is 14.9 Å². The molecule has 0 aromatic carbocycles. The number of carbonyl (C=O) groups is 2. The Labute approximate surface area is 130 Å². The quantitative estimate of drug-likeness (QED) is 0.854. The molecule has 1 aromatic rings. The van der Waals surface area contributed by atoms with Crippen molar-refractivity contribution in [3.8, 4) is 0 Å². The van der Waals surface area contributed by atoms with Crippen LogP contribution in [0.3, 0.4) is 0 Å². The van der Waals surface area contributed by atoms with Crippen LogP contribution in [-0.4, -0.2) is 68.8 Å². The van der Waals surface area contributed by atoms with Crippen LogP contribution < -0.4 is 0 Å². The number of carbonyl (C=O) groups excluding carboxylic acids is 2. The molecular weight excluding hydrogens is 284 g/mol. The fourth-order valence-corrected chi connectivity index (χ4v) is 2.60. The average Bonchev–Trinajstić information content (AvgIpc) is 2.68. The van der Waals surface area contributed by atoms with E-state index in [0.717, 1.165) is 5.69 Å². The number of hydrogen-bond acceptors (Lipinski definition) is 4. The van der Waals surface area contributed by atoms with Crippen LogP contribution >= 0.6 is 0 Å². The number of aromatic nitrogens is 2. The second kappa shape index (κ2) is 6.48. The fraction of sp³-hybridized carbons (Fsp3) is 0.667. The SMILES string of the molecule is Cc1cc(C(=O)N2CC(=O)N(CC(C)C)CC(O)C2)nn1C. The van der Waals surface area contributed by atoms with Gasteiger partial charge >= 0.3 is 0 Å². The maximum atomic E-state index is 12.5.